The van der Waals surface area contributed by atoms with E-state index in [-0.39, 0.29) is 16.7 Å². The number of piperidine rings is 3. The highest BCUT2D eigenvalue weighted by Crippen LogP contribution is 2.34. The van der Waals surface area contributed by atoms with Gasteiger partial charge in [-0.2, -0.15) is 0 Å². The third kappa shape index (κ3) is 23.8. The van der Waals surface area contributed by atoms with Crippen molar-refractivity contribution in [3.8, 4) is 0 Å². The molecule has 12 heteroatoms. The first-order chi connectivity index (χ1) is 34.9. The summed E-state index contributed by atoms with van der Waals surface area (Å²) in [5.74, 6) is 2.62. The molecule has 5 heterocycles. The van der Waals surface area contributed by atoms with Gasteiger partial charge in [-0.05, 0) is 275 Å². The average Bonchev–Trinajstić information content (AvgIpc) is 3.26. The summed E-state index contributed by atoms with van der Waals surface area (Å²) in [6.45, 7) is 65.3. The quantitative estimate of drug-likeness (QED) is 0.157. The maximum absolute atomic E-state index is 6.18. The molecule has 0 radical (unpaired) electrons. The van der Waals surface area contributed by atoms with Gasteiger partial charge in [-0.25, -0.2) is 0 Å². The van der Waals surface area contributed by atoms with Crippen molar-refractivity contribution in [2.45, 2.75) is 234 Å². The van der Waals surface area contributed by atoms with Crippen LogP contribution in [-0.4, -0.2) is 278 Å². The van der Waals surface area contributed by atoms with E-state index in [9.17, 15) is 0 Å². The summed E-state index contributed by atoms with van der Waals surface area (Å²) in [7, 11) is 13.2. The number of piperazine rings is 2. The fourth-order valence-corrected chi connectivity index (χ4v) is 13.2. The van der Waals surface area contributed by atoms with Gasteiger partial charge in [0.15, 0.2) is 0 Å². The zero-order valence-electron chi connectivity index (χ0n) is 55.5. The number of rotatable bonds is 15. The first kappa shape index (κ1) is 68.0. The monoisotopic (exact) mass is 1070 g/mol. The standard InChI is InChI=1S/C22H45N3O.2C21H44N4/c1-21(2,3)25-11-9-18(10-12-25)17-24(14-13-23(7)8)19-15-20(16-19)26-22(4,5)6;2*1-20(2,3)24-11-9-18(10-12-24)15-23-13-14-25(21(4,5)6)17-19(23)16-22(7)8/h18-20H,9-17H2,1-8H3;2*18-19H,9-17H2,1-8H3/t;2*19-/m.10/s1. The summed E-state index contributed by atoms with van der Waals surface area (Å²) >= 11 is 0. The van der Waals surface area contributed by atoms with Gasteiger partial charge in [-0.15, -0.1) is 0 Å². The molecule has 2 atom stereocenters. The molecule has 1 saturated carbocycles. The van der Waals surface area contributed by atoms with Crippen molar-refractivity contribution in [3.05, 3.63) is 0 Å². The Bertz CT molecular complexity index is 1510. The molecule has 0 aromatic carbocycles. The molecule has 6 rings (SSSR count). The molecule has 6 aliphatic rings. The molecule has 6 fully saturated rings. The molecular weight excluding hydrogens is 939 g/mol. The molecule has 0 aromatic rings. The minimum absolute atomic E-state index is 0.0100. The summed E-state index contributed by atoms with van der Waals surface area (Å²) < 4.78 is 6.18. The zero-order chi connectivity index (χ0) is 57.2. The van der Waals surface area contributed by atoms with Crippen LogP contribution in [0, 0.1) is 17.8 Å². The molecule has 0 bridgehead atoms. The SMILES string of the molecule is CN(C)CCN(CC1CCN(C(C)(C)C)CC1)C1CC(OC(C)(C)C)C1.CN(C)C[C@@H]1CN(C(C)(C)C)CCN1CC1CCN(C(C)(C)C)CC1.CN(C)C[C@H]1CN(C(C)(C)C)CCN1CC1CCN(C(C)(C)C)CC1. The van der Waals surface area contributed by atoms with Gasteiger partial charge in [0.2, 0.25) is 0 Å². The Morgan fingerprint density at radius 2 is 0.697 bits per heavy atom. The summed E-state index contributed by atoms with van der Waals surface area (Å²) in [4.78, 5) is 28.8. The highest BCUT2D eigenvalue weighted by atomic mass is 16.5. The van der Waals surface area contributed by atoms with Gasteiger partial charge in [0.1, 0.15) is 0 Å². The average molecular weight is 1070 g/mol. The van der Waals surface area contributed by atoms with E-state index in [2.05, 4.69) is 221 Å². The first-order valence-electron chi connectivity index (χ1n) is 31.5. The lowest BCUT2D eigenvalue weighted by Crippen LogP contribution is -2.61. The third-order valence-electron chi connectivity index (χ3n) is 18.4. The predicted molar refractivity (Wildman–Crippen MR) is 330 cm³/mol. The van der Waals surface area contributed by atoms with Gasteiger partial charge >= 0.3 is 0 Å². The van der Waals surface area contributed by atoms with Crippen LogP contribution in [0.15, 0.2) is 0 Å². The molecule has 76 heavy (non-hydrogen) atoms. The van der Waals surface area contributed by atoms with Gasteiger partial charge in [0, 0.05) is 131 Å². The van der Waals surface area contributed by atoms with Crippen molar-refractivity contribution < 1.29 is 4.74 Å². The van der Waals surface area contributed by atoms with Crippen LogP contribution in [0.1, 0.15) is 176 Å². The largest absolute Gasteiger partial charge is 0.373 e. The Balaban J connectivity index is 0.000000246. The molecular formula is C64H133N11O. The second-order valence-corrected chi connectivity index (χ2v) is 32.1. The van der Waals surface area contributed by atoms with Crippen LogP contribution in [0.25, 0.3) is 0 Å². The second-order valence-electron chi connectivity index (χ2n) is 32.1. The Hall–Kier alpha value is -0.480. The lowest BCUT2D eigenvalue weighted by Gasteiger charge is -2.49. The van der Waals surface area contributed by atoms with Gasteiger partial charge in [0.05, 0.1) is 11.7 Å². The van der Waals surface area contributed by atoms with E-state index in [1.54, 1.807) is 0 Å². The van der Waals surface area contributed by atoms with Crippen molar-refractivity contribution in [2.24, 2.45) is 17.8 Å². The molecule has 0 amide bonds. The lowest BCUT2D eigenvalue weighted by atomic mass is 9.85. The van der Waals surface area contributed by atoms with Crippen molar-refractivity contribution in [3.63, 3.8) is 0 Å². The van der Waals surface area contributed by atoms with Crippen LogP contribution in [0.5, 0.6) is 0 Å². The Morgan fingerprint density at radius 3 is 0.987 bits per heavy atom. The molecule has 5 saturated heterocycles. The van der Waals surface area contributed by atoms with Crippen LogP contribution in [0.4, 0.5) is 0 Å². The van der Waals surface area contributed by atoms with E-state index in [1.807, 2.05) is 0 Å². The summed E-state index contributed by atoms with van der Waals surface area (Å²) in [5.41, 5.74) is 1.54. The highest BCUT2D eigenvalue weighted by molar-refractivity contribution is 4.95. The van der Waals surface area contributed by atoms with Crippen LogP contribution < -0.4 is 0 Å². The minimum atomic E-state index is -0.0100. The van der Waals surface area contributed by atoms with Crippen LogP contribution in [0.2, 0.25) is 0 Å². The molecule has 0 spiro atoms. The molecule has 5 aliphatic heterocycles. The number of nitrogens with zero attached hydrogens (tertiary/aromatic N) is 11. The predicted octanol–water partition coefficient (Wildman–Crippen LogP) is 9.39. The van der Waals surface area contributed by atoms with Crippen LogP contribution in [-0.2, 0) is 4.74 Å². The topological polar surface area (TPSA) is 44.9 Å². The van der Waals surface area contributed by atoms with Crippen molar-refractivity contribution in [2.75, 3.05) is 167 Å². The molecule has 0 N–H and O–H groups in total. The van der Waals surface area contributed by atoms with Gasteiger partial charge in [-0.1, -0.05) is 0 Å². The number of hydrogen-bond acceptors (Lipinski definition) is 12. The Morgan fingerprint density at radius 1 is 0.368 bits per heavy atom. The van der Waals surface area contributed by atoms with Gasteiger partial charge in [-0.3, -0.25) is 39.2 Å². The van der Waals surface area contributed by atoms with Gasteiger partial charge in [0.25, 0.3) is 0 Å². The van der Waals surface area contributed by atoms with Crippen LogP contribution >= 0.6 is 0 Å². The summed E-state index contributed by atoms with van der Waals surface area (Å²) in [6.07, 6.45) is 11.1. The highest BCUT2D eigenvalue weighted by Gasteiger charge is 2.40. The fraction of sp³-hybridized carbons (Fsp3) is 1.00. The molecule has 450 valence electrons. The molecule has 0 aromatic heterocycles. The van der Waals surface area contributed by atoms with E-state index in [4.69, 9.17) is 4.74 Å². The zero-order valence-corrected chi connectivity index (χ0v) is 55.5. The van der Waals surface area contributed by atoms with Crippen LogP contribution in [0.3, 0.4) is 0 Å². The normalized spacial score (nSPS) is 26.5. The van der Waals surface area contributed by atoms with E-state index in [0.717, 1.165) is 30.3 Å². The Labute approximate surface area is 474 Å². The van der Waals surface area contributed by atoms with Crippen molar-refractivity contribution in [1.82, 2.24) is 53.9 Å². The minimum Gasteiger partial charge on any atom is -0.373 e. The molecule has 1 aliphatic carbocycles. The molecule has 0 unspecified atom stereocenters. The van der Waals surface area contributed by atoms with E-state index < -0.39 is 0 Å². The fourth-order valence-electron chi connectivity index (χ4n) is 13.2. The van der Waals surface area contributed by atoms with Crippen molar-refractivity contribution >= 4 is 0 Å². The number of ether oxygens (including phenoxy) is 1. The number of likely N-dealkylation sites (N-methyl/N-ethyl adjacent to an activating group) is 3. The number of likely N-dealkylation sites (tertiary alicyclic amines) is 3. The maximum Gasteiger partial charge on any atom is 0.0612 e. The molecule has 12 nitrogen and oxygen atoms in total. The van der Waals surface area contributed by atoms with Crippen molar-refractivity contribution in [1.29, 1.82) is 0 Å². The Kier molecular flexibility index (Phi) is 26.1. The van der Waals surface area contributed by atoms with Gasteiger partial charge < -0.3 is 19.4 Å². The smallest absolute Gasteiger partial charge is 0.0612 e. The second kappa shape index (κ2) is 29.2. The lowest BCUT2D eigenvalue weighted by molar-refractivity contribution is -0.122. The first-order valence-corrected chi connectivity index (χ1v) is 31.5. The number of hydrogen-bond donors (Lipinski definition) is 0. The third-order valence-corrected chi connectivity index (χ3v) is 18.4. The summed E-state index contributed by atoms with van der Waals surface area (Å²) in [6, 6.07) is 2.06. The van der Waals surface area contributed by atoms with E-state index >= 15 is 0 Å². The maximum atomic E-state index is 6.18. The van der Waals surface area contributed by atoms with E-state index in [1.165, 1.54) is 169 Å². The van der Waals surface area contributed by atoms with E-state index in [0.29, 0.717) is 34.8 Å². The summed E-state index contributed by atoms with van der Waals surface area (Å²) in [5, 5.41) is 0.